The van der Waals surface area contributed by atoms with Crippen molar-refractivity contribution in [1.29, 1.82) is 0 Å². The Balaban J connectivity index is 1.36. The number of hydrogen-bond donors (Lipinski definition) is 1. The van der Waals surface area contributed by atoms with Gasteiger partial charge in [0.1, 0.15) is 0 Å². The molecule has 0 spiro atoms. The van der Waals surface area contributed by atoms with Gasteiger partial charge in [0, 0.05) is 49.0 Å². The monoisotopic (exact) mass is 436 g/mol. The SMILES string of the molecule is CCCn1c(SCC(=O)Nc2ccc(N3CCCCC3)cc2)nnc1-c1ccncc1. The van der Waals surface area contributed by atoms with Crippen molar-refractivity contribution in [2.75, 3.05) is 29.1 Å². The molecule has 8 heteroatoms. The summed E-state index contributed by atoms with van der Waals surface area (Å²) in [5.74, 6) is 1.04. The van der Waals surface area contributed by atoms with E-state index in [1.54, 1.807) is 12.4 Å². The molecule has 1 aliphatic rings. The van der Waals surface area contributed by atoms with Gasteiger partial charge in [-0.15, -0.1) is 10.2 Å². The molecule has 7 nitrogen and oxygen atoms in total. The second-order valence-corrected chi connectivity index (χ2v) is 8.57. The van der Waals surface area contributed by atoms with Crippen LogP contribution in [0.4, 0.5) is 11.4 Å². The third kappa shape index (κ3) is 5.44. The van der Waals surface area contributed by atoms with Crippen LogP contribution in [0.1, 0.15) is 32.6 Å². The zero-order valence-electron chi connectivity index (χ0n) is 17.8. The largest absolute Gasteiger partial charge is 0.372 e. The van der Waals surface area contributed by atoms with Crippen molar-refractivity contribution in [1.82, 2.24) is 19.7 Å². The molecule has 0 saturated carbocycles. The first-order chi connectivity index (χ1) is 15.2. The maximum Gasteiger partial charge on any atom is 0.234 e. The Kier molecular flexibility index (Phi) is 7.19. The van der Waals surface area contributed by atoms with Gasteiger partial charge in [0.25, 0.3) is 0 Å². The van der Waals surface area contributed by atoms with Gasteiger partial charge in [0.05, 0.1) is 5.75 Å². The van der Waals surface area contributed by atoms with Crippen molar-refractivity contribution < 1.29 is 4.79 Å². The number of carbonyl (C=O) groups is 1. The number of nitrogens with zero attached hydrogens (tertiary/aromatic N) is 5. The zero-order chi connectivity index (χ0) is 21.5. The first kappa shape index (κ1) is 21.4. The molecule has 1 saturated heterocycles. The first-order valence-corrected chi connectivity index (χ1v) is 11.8. The number of thioether (sulfide) groups is 1. The van der Waals surface area contributed by atoms with Crippen LogP contribution < -0.4 is 10.2 Å². The number of piperidine rings is 1. The van der Waals surface area contributed by atoms with E-state index in [0.29, 0.717) is 0 Å². The van der Waals surface area contributed by atoms with Gasteiger partial charge in [0.2, 0.25) is 5.91 Å². The van der Waals surface area contributed by atoms with Crippen LogP contribution in [0, 0.1) is 0 Å². The first-order valence-electron chi connectivity index (χ1n) is 10.9. The van der Waals surface area contributed by atoms with Gasteiger partial charge in [-0.05, 0) is 62.1 Å². The Bertz CT molecular complexity index is 983. The molecule has 1 aromatic carbocycles. The van der Waals surface area contributed by atoms with Gasteiger partial charge in [-0.2, -0.15) is 0 Å². The van der Waals surface area contributed by atoms with Crippen molar-refractivity contribution in [2.45, 2.75) is 44.3 Å². The van der Waals surface area contributed by atoms with E-state index in [1.165, 1.54) is 36.7 Å². The number of aromatic nitrogens is 4. The van der Waals surface area contributed by atoms with E-state index in [9.17, 15) is 4.79 Å². The van der Waals surface area contributed by atoms with Gasteiger partial charge in [-0.3, -0.25) is 9.78 Å². The Morgan fingerprint density at radius 3 is 2.48 bits per heavy atom. The molecular formula is C23H28N6OS. The summed E-state index contributed by atoms with van der Waals surface area (Å²) in [5.41, 5.74) is 3.02. The lowest BCUT2D eigenvalue weighted by atomic mass is 10.1. The molecule has 31 heavy (non-hydrogen) atoms. The minimum absolute atomic E-state index is 0.0489. The van der Waals surface area contributed by atoms with E-state index in [4.69, 9.17) is 0 Å². The van der Waals surface area contributed by atoms with Gasteiger partial charge in [-0.25, -0.2) is 0 Å². The quantitative estimate of drug-likeness (QED) is 0.525. The van der Waals surface area contributed by atoms with Crippen molar-refractivity contribution in [2.24, 2.45) is 0 Å². The molecule has 0 radical (unpaired) electrons. The molecule has 162 valence electrons. The van der Waals surface area contributed by atoms with Crippen LogP contribution >= 0.6 is 11.8 Å². The molecule has 1 amide bonds. The van der Waals surface area contributed by atoms with Gasteiger partial charge < -0.3 is 14.8 Å². The van der Waals surface area contributed by atoms with Crippen LogP contribution in [0.25, 0.3) is 11.4 Å². The topological polar surface area (TPSA) is 75.9 Å². The van der Waals surface area contributed by atoms with Gasteiger partial charge in [0.15, 0.2) is 11.0 Å². The minimum atomic E-state index is -0.0489. The number of benzene rings is 1. The minimum Gasteiger partial charge on any atom is -0.372 e. The summed E-state index contributed by atoms with van der Waals surface area (Å²) >= 11 is 1.41. The van der Waals surface area contributed by atoms with Gasteiger partial charge in [-0.1, -0.05) is 18.7 Å². The highest BCUT2D eigenvalue weighted by Crippen LogP contribution is 2.25. The lowest BCUT2D eigenvalue weighted by molar-refractivity contribution is -0.113. The Labute approximate surface area is 187 Å². The third-order valence-electron chi connectivity index (χ3n) is 5.31. The van der Waals surface area contributed by atoms with Crippen LogP contribution in [0.3, 0.4) is 0 Å². The molecule has 0 atom stereocenters. The van der Waals surface area contributed by atoms with Crippen molar-refractivity contribution in [3.05, 3.63) is 48.8 Å². The zero-order valence-corrected chi connectivity index (χ0v) is 18.6. The summed E-state index contributed by atoms with van der Waals surface area (Å²) < 4.78 is 2.07. The highest BCUT2D eigenvalue weighted by Gasteiger charge is 2.15. The average molecular weight is 437 g/mol. The van der Waals surface area contributed by atoms with E-state index < -0.39 is 0 Å². The summed E-state index contributed by atoms with van der Waals surface area (Å²) in [6.45, 7) is 5.14. The standard InChI is InChI=1S/C23H28N6OS/c1-2-14-29-22(18-10-12-24-13-11-18)26-27-23(29)31-17-21(30)25-19-6-8-20(9-7-19)28-15-4-3-5-16-28/h6-13H,2-5,14-17H2,1H3,(H,25,30). The molecule has 3 heterocycles. The van der Waals surface area contributed by atoms with Crippen LogP contribution in [0.5, 0.6) is 0 Å². The van der Waals surface area contributed by atoms with Crippen LogP contribution in [-0.4, -0.2) is 44.5 Å². The number of anilines is 2. The van der Waals surface area contributed by atoms with E-state index in [-0.39, 0.29) is 11.7 Å². The van der Waals surface area contributed by atoms with Crippen LogP contribution in [-0.2, 0) is 11.3 Å². The summed E-state index contributed by atoms with van der Waals surface area (Å²) in [5, 5.41) is 12.4. The smallest absolute Gasteiger partial charge is 0.234 e. The second-order valence-electron chi connectivity index (χ2n) is 7.63. The summed E-state index contributed by atoms with van der Waals surface area (Å²) in [4.78, 5) is 19.0. The number of hydrogen-bond acceptors (Lipinski definition) is 6. The Morgan fingerprint density at radius 1 is 1.03 bits per heavy atom. The average Bonchev–Trinajstić information content (AvgIpc) is 3.22. The van der Waals surface area contributed by atoms with Crippen molar-refractivity contribution in [3.8, 4) is 11.4 Å². The highest BCUT2D eigenvalue weighted by molar-refractivity contribution is 7.99. The molecule has 1 N–H and O–H groups in total. The number of nitrogens with one attached hydrogen (secondary N) is 1. The molecule has 4 rings (SSSR count). The lowest BCUT2D eigenvalue weighted by Crippen LogP contribution is -2.29. The maximum absolute atomic E-state index is 12.5. The van der Waals surface area contributed by atoms with E-state index in [0.717, 1.165) is 48.3 Å². The molecule has 0 unspecified atom stereocenters. The molecule has 0 bridgehead atoms. The molecule has 3 aromatic rings. The van der Waals surface area contributed by atoms with Gasteiger partial charge >= 0.3 is 0 Å². The molecule has 1 aliphatic heterocycles. The predicted octanol–water partition coefficient (Wildman–Crippen LogP) is 4.47. The molecular weight excluding hydrogens is 408 g/mol. The lowest BCUT2D eigenvalue weighted by Gasteiger charge is -2.28. The van der Waals surface area contributed by atoms with Crippen LogP contribution in [0.15, 0.2) is 53.9 Å². The summed E-state index contributed by atoms with van der Waals surface area (Å²) in [7, 11) is 0. The number of carbonyl (C=O) groups excluding carboxylic acids is 1. The molecule has 0 aliphatic carbocycles. The number of rotatable bonds is 8. The molecule has 2 aromatic heterocycles. The van der Waals surface area contributed by atoms with Crippen molar-refractivity contribution in [3.63, 3.8) is 0 Å². The number of amides is 1. The van der Waals surface area contributed by atoms with E-state index in [1.807, 2.05) is 24.3 Å². The third-order valence-corrected chi connectivity index (χ3v) is 6.27. The normalized spacial score (nSPS) is 13.9. The fraction of sp³-hybridized carbons (Fsp3) is 0.391. The van der Waals surface area contributed by atoms with E-state index >= 15 is 0 Å². The fourth-order valence-corrected chi connectivity index (χ4v) is 4.53. The van der Waals surface area contributed by atoms with Crippen molar-refractivity contribution >= 4 is 29.0 Å². The second kappa shape index (κ2) is 10.4. The van der Waals surface area contributed by atoms with Crippen LogP contribution in [0.2, 0.25) is 0 Å². The predicted molar refractivity (Wildman–Crippen MR) is 125 cm³/mol. The Hall–Kier alpha value is -2.87. The molecule has 1 fully saturated rings. The summed E-state index contributed by atoms with van der Waals surface area (Å²) in [6.07, 6.45) is 8.27. The van der Waals surface area contributed by atoms with E-state index in [2.05, 4.69) is 49.0 Å². The Morgan fingerprint density at radius 2 is 1.77 bits per heavy atom. The summed E-state index contributed by atoms with van der Waals surface area (Å²) in [6, 6.07) is 12.0. The number of pyridine rings is 1. The fourth-order valence-electron chi connectivity index (χ4n) is 3.77. The maximum atomic E-state index is 12.5. The highest BCUT2D eigenvalue weighted by atomic mass is 32.2.